The molecule has 2 aliphatic heterocycles. The molecule has 5 rings (SSSR count). The predicted octanol–water partition coefficient (Wildman–Crippen LogP) is 5.23. The van der Waals surface area contributed by atoms with Gasteiger partial charge in [-0.2, -0.15) is 4.31 Å². The molecule has 182 valence electrons. The van der Waals surface area contributed by atoms with Crippen molar-refractivity contribution in [3.05, 3.63) is 102 Å². The molecule has 0 N–H and O–H groups in total. The van der Waals surface area contributed by atoms with Crippen LogP contribution in [0.3, 0.4) is 0 Å². The van der Waals surface area contributed by atoms with Gasteiger partial charge in [0.15, 0.2) is 0 Å². The molecule has 0 spiro atoms. The number of likely N-dealkylation sites (tertiary alicyclic amines) is 1. The molecule has 0 aliphatic carbocycles. The van der Waals surface area contributed by atoms with Gasteiger partial charge in [-0.25, -0.2) is 8.42 Å². The van der Waals surface area contributed by atoms with Crippen molar-refractivity contribution >= 4 is 15.9 Å². The maximum absolute atomic E-state index is 13.7. The van der Waals surface area contributed by atoms with Crippen molar-refractivity contribution in [2.45, 2.75) is 42.5 Å². The summed E-state index contributed by atoms with van der Waals surface area (Å²) in [5.74, 6) is 0.252. The number of rotatable bonds is 5. The number of carbonyl (C=O) groups excluding carboxylic acids is 1. The van der Waals surface area contributed by atoms with E-state index in [1.165, 1.54) is 5.56 Å². The lowest BCUT2D eigenvalue weighted by Crippen LogP contribution is -2.49. The van der Waals surface area contributed by atoms with Gasteiger partial charge in [0.1, 0.15) is 0 Å². The van der Waals surface area contributed by atoms with Gasteiger partial charge in [0.25, 0.3) is 0 Å². The average Bonchev–Trinajstić information content (AvgIpc) is 2.94. The minimum Gasteiger partial charge on any atom is -0.342 e. The van der Waals surface area contributed by atoms with Gasteiger partial charge in [-0.15, -0.1) is 0 Å². The Hall–Kier alpha value is -2.96. The van der Waals surface area contributed by atoms with Crippen molar-refractivity contribution in [3.63, 3.8) is 0 Å². The van der Waals surface area contributed by atoms with E-state index >= 15 is 0 Å². The molecule has 5 nitrogen and oxygen atoms in total. The summed E-state index contributed by atoms with van der Waals surface area (Å²) in [5.41, 5.74) is 2.31. The van der Waals surface area contributed by atoms with Crippen LogP contribution in [0.25, 0.3) is 0 Å². The summed E-state index contributed by atoms with van der Waals surface area (Å²) in [6, 6.07) is 28.6. The third-order valence-corrected chi connectivity index (χ3v) is 9.39. The minimum absolute atomic E-state index is 0.0938. The summed E-state index contributed by atoms with van der Waals surface area (Å²) in [4.78, 5) is 15.8. The standard InChI is InChI=1S/C29H32N2O3S/c32-29(30-20-18-24(19-21-30)23-10-4-1-5-11-23)26-16-17-28(25-12-6-2-7-13-25)31(22-26)35(33,34)27-14-8-3-9-15-27/h1-15,24,26,28H,16-22H2. The van der Waals surface area contributed by atoms with Crippen molar-refractivity contribution < 1.29 is 13.2 Å². The molecule has 0 radical (unpaired) electrons. The lowest BCUT2D eigenvalue weighted by molar-refractivity contribution is -0.138. The van der Waals surface area contributed by atoms with E-state index in [0.29, 0.717) is 18.8 Å². The van der Waals surface area contributed by atoms with Gasteiger partial charge in [-0.1, -0.05) is 78.9 Å². The summed E-state index contributed by atoms with van der Waals surface area (Å²) in [6.45, 7) is 1.67. The molecule has 2 aliphatic rings. The van der Waals surface area contributed by atoms with Crippen LogP contribution < -0.4 is 0 Å². The van der Waals surface area contributed by atoms with E-state index in [2.05, 4.69) is 24.3 Å². The summed E-state index contributed by atoms with van der Waals surface area (Å²) >= 11 is 0. The molecule has 1 amide bonds. The summed E-state index contributed by atoms with van der Waals surface area (Å²) < 4.78 is 29.0. The molecule has 6 heteroatoms. The molecule has 35 heavy (non-hydrogen) atoms. The van der Waals surface area contributed by atoms with E-state index < -0.39 is 10.0 Å². The van der Waals surface area contributed by atoms with E-state index in [0.717, 1.165) is 31.5 Å². The zero-order valence-electron chi connectivity index (χ0n) is 19.9. The number of hydrogen-bond donors (Lipinski definition) is 0. The molecule has 0 saturated carbocycles. The number of amides is 1. The Balaban J connectivity index is 1.34. The highest BCUT2D eigenvalue weighted by Crippen LogP contribution is 2.38. The third-order valence-electron chi connectivity index (χ3n) is 7.50. The molecular formula is C29H32N2O3S. The van der Waals surface area contributed by atoms with E-state index in [-0.39, 0.29) is 29.3 Å². The fraction of sp³-hybridized carbons (Fsp3) is 0.345. The Labute approximate surface area is 208 Å². The van der Waals surface area contributed by atoms with E-state index in [9.17, 15) is 13.2 Å². The average molecular weight is 489 g/mol. The molecule has 2 saturated heterocycles. The van der Waals surface area contributed by atoms with Crippen molar-refractivity contribution in [2.75, 3.05) is 19.6 Å². The third kappa shape index (κ3) is 5.04. The predicted molar refractivity (Wildman–Crippen MR) is 137 cm³/mol. The smallest absolute Gasteiger partial charge is 0.243 e. The normalized spacial score (nSPS) is 22.1. The van der Waals surface area contributed by atoms with Crippen molar-refractivity contribution in [1.82, 2.24) is 9.21 Å². The second kappa shape index (κ2) is 10.3. The molecule has 0 bridgehead atoms. The van der Waals surface area contributed by atoms with Gasteiger partial charge in [-0.3, -0.25) is 4.79 Å². The summed E-state index contributed by atoms with van der Waals surface area (Å²) in [5, 5.41) is 0. The number of sulfonamides is 1. The van der Waals surface area contributed by atoms with Gasteiger partial charge in [-0.05, 0) is 54.9 Å². The quantitative estimate of drug-likeness (QED) is 0.494. The fourth-order valence-corrected chi connectivity index (χ4v) is 7.27. The Morgan fingerprint density at radius 1 is 0.686 bits per heavy atom. The zero-order chi connectivity index (χ0) is 24.3. The largest absolute Gasteiger partial charge is 0.342 e. The number of carbonyl (C=O) groups is 1. The molecular weight excluding hydrogens is 456 g/mol. The molecule has 0 aromatic heterocycles. The highest BCUT2D eigenvalue weighted by atomic mass is 32.2. The van der Waals surface area contributed by atoms with Crippen LogP contribution in [0.5, 0.6) is 0 Å². The molecule has 3 aromatic carbocycles. The number of benzene rings is 3. The number of hydrogen-bond acceptors (Lipinski definition) is 3. The van der Waals surface area contributed by atoms with Gasteiger partial charge in [0.05, 0.1) is 16.9 Å². The van der Waals surface area contributed by atoms with Crippen LogP contribution in [0.15, 0.2) is 95.9 Å². The Bertz CT molecular complexity index is 1220. The van der Waals surface area contributed by atoms with Crippen molar-refractivity contribution in [2.24, 2.45) is 5.92 Å². The molecule has 2 atom stereocenters. The minimum atomic E-state index is -3.74. The highest BCUT2D eigenvalue weighted by Gasteiger charge is 2.41. The topological polar surface area (TPSA) is 57.7 Å². The number of nitrogens with zero attached hydrogens (tertiary/aromatic N) is 2. The second-order valence-electron chi connectivity index (χ2n) is 9.60. The monoisotopic (exact) mass is 488 g/mol. The summed E-state index contributed by atoms with van der Waals surface area (Å²) in [7, 11) is -3.74. The fourth-order valence-electron chi connectivity index (χ4n) is 5.56. The van der Waals surface area contributed by atoms with Crippen LogP contribution in [-0.2, 0) is 14.8 Å². The Morgan fingerprint density at radius 3 is 1.83 bits per heavy atom. The van der Waals surface area contributed by atoms with E-state index in [1.807, 2.05) is 47.4 Å². The van der Waals surface area contributed by atoms with Gasteiger partial charge in [0, 0.05) is 19.6 Å². The van der Waals surface area contributed by atoms with Crippen LogP contribution in [-0.4, -0.2) is 43.2 Å². The van der Waals surface area contributed by atoms with E-state index in [1.54, 1.807) is 28.6 Å². The molecule has 2 heterocycles. The lowest BCUT2D eigenvalue weighted by atomic mass is 9.87. The first-order valence-corrected chi connectivity index (χ1v) is 13.9. The second-order valence-corrected chi connectivity index (χ2v) is 11.5. The van der Waals surface area contributed by atoms with Crippen LogP contribution in [0, 0.1) is 5.92 Å². The van der Waals surface area contributed by atoms with Gasteiger partial charge >= 0.3 is 0 Å². The maximum Gasteiger partial charge on any atom is 0.243 e. The first-order valence-electron chi connectivity index (χ1n) is 12.5. The van der Waals surface area contributed by atoms with Crippen LogP contribution in [0.2, 0.25) is 0 Å². The lowest BCUT2D eigenvalue weighted by Gasteiger charge is -2.41. The van der Waals surface area contributed by atoms with Crippen LogP contribution in [0.1, 0.15) is 48.8 Å². The molecule has 3 aromatic rings. The summed E-state index contributed by atoms with van der Waals surface area (Å²) in [6.07, 6.45) is 3.22. The number of piperidine rings is 2. The Morgan fingerprint density at radius 2 is 1.23 bits per heavy atom. The van der Waals surface area contributed by atoms with E-state index in [4.69, 9.17) is 0 Å². The highest BCUT2D eigenvalue weighted by molar-refractivity contribution is 7.89. The van der Waals surface area contributed by atoms with Crippen LogP contribution >= 0.6 is 0 Å². The zero-order valence-corrected chi connectivity index (χ0v) is 20.7. The SMILES string of the molecule is O=C(C1CCC(c2ccccc2)N(S(=O)(=O)c2ccccc2)C1)N1CCC(c2ccccc2)CC1. The van der Waals surface area contributed by atoms with Crippen molar-refractivity contribution in [1.29, 1.82) is 0 Å². The van der Waals surface area contributed by atoms with Gasteiger partial charge < -0.3 is 4.90 Å². The van der Waals surface area contributed by atoms with Crippen molar-refractivity contribution in [3.8, 4) is 0 Å². The Kier molecular flexibility index (Phi) is 7.02. The van der Waals surface area contributed by atoms with Gasteiger partial charge in [0.2, 0.25) is 15.9 Å². The molecule has 2 fully saturated rings. The first kappa shape index (κ1) is 23.8. The molecule has 2 unspecified atom stereocenters. The van der Waals surface area contributed by atoms with Crippen LogP contribution in [0.4, 0.5) is 0 Å². The first-order chi connectivity index (χ1) is 17.0. The maximum atomic E-state index is 13.7.